The topological polar surface area (TPSA) is 87.1 Å². The molecule has 6 nitrogen and oxygen atoms in total. The van der Waals surface area contributed by atoms with Gasteiger partial charge < -0.3 is 14.9 Å². The van der Waals surface area contributed by atoms with Crippen LogP contribution in [0.2, 0.25) is 0 Å². The maximum Gasteiger partial charge on any atom is 0.200 e. The number of ketones is 2. The van der Waals surface area contributed by atoms with Crippen LogP contribution >= 0.6 is 0 Å². The van der Waals surface area contributed by atoms with Crippen LogP contribution in [0.15, 0.2) is 60.7 Å². The predicted octanol–water partition coefficient (Wildman–Crippen LogP) is 4.57. The summed E-state index contributed by atoms with van der Waals surface area (Å²) < 4.78 is 46.5. The molecule has 1 saturated carbocycles. The molecule has 204 valence electrons. The Bertz CT molecular complexity index is 1380. The Morgan fingerprint density at radius 1 is 0.872 bits per heavy atom. The van der Waals surface area contributed by atoms with Crippen LogP contribution < -0.4 is 4.74 Å². The summed E-state index contributed by atoms with van der Waals surface area (Å²) in [7, 11) is 0. The Kier molecular flexibility index (Phi) is 7.46. The van der Waals surface area contributed by atoms with Crippen LogP contribution in [0.3, 0.4) is 0 Å². The van der Waals surface area contributed by atoms with Gasteiger partial charge in [-0.1, -0.05) is 12.1 Å². The summed E-state index contributed by atoms with van der Waals surface area (Å²) in [5, 5.41) is 20.3. The quantitative estimate of drug-likeness (QED) is 0.388. The lowest BCUT2D eigenvalue weighted by molar-refractivity contribution is 0.0355. The molecule has 5 rings (SSSR count). The molecule has 0 amide bonds. The van der Waals surface area contributed by atoms with Crippen molar-refractivity contribution < 1.29 is 37.7 Å². The zero-order chi connectivity index (χ0) is 27.7. The van der Waals surface area contributed by atoms with E-state index in [1.54, 1.807) is 12.1 Å². The molecule has 0 bridgehead atoms. The van der Waals surface area contributed by atoms with Crippen molar-refractivity contribution in [3.63, 3.8) is 0 Å². The van der Waals surface area contributed by atoms with Crippen LogP contribution in [0.4, 0.5) is 13.2 Å². The maximum absolute atomic E-state index is 14.6. The summed E-state index contributed by atoms with van der Waals surface area (Å²) >= 11 is 0. The number of aliphatic hydroxyl groups is 1. The molecule has 2 aliphatic rings. The van der Waals surface area contributed by atoms with Crippen molar-refractivity contribution in [3.8, 4) is 11.5 Å². The van der Waals surface area contributed by atoms with E-state index in [1.165, 1.54) is 30.3 Å². The van der Waals surface area contributed by atoms with Crippen LogP contribution in [0.5, 0.6) is 11.5 Å². The summed E-state index contributed by atoms with van der Waals surface area (Å²) in [6.45, 7) is 0.893. The number of aromatic hydroxyl groups is 1. The van der Waals surface area contributed by atoms with Crippen LogP contribution in [0.25, 0.3) is 0 Å². The predicted molar refractivity (Wildman–Crippen MR) is 136 cm³/mol. The van der Waals surface area contributed by atoms with E-state index in [-0.39, 0.29) is 46.9 Å². The van der Waals surface area contributed by atoms with Gasteiger partial charge in [-0.05, 0) is 78.8 Å². The lowest BCUT2D eigenvalue weighted by Crippen LogP contribution is -2.34. The highest BCUT2D eigenvalue weighted by Gasteiger charge is 2.48. The monoisotopic (exact) mass is 539 g/mol. The number of fused-ring (bicyclic) bond motifs is 1. The zero-order valence-electron chi connectivity index (χ0n) is 21.1. The first-order valence-electron chi connectivity index (χ1n) is 12.7. The first-order chi connectivity index (χ1) is 18.6. The Labute approximate surface area is 223 Å². The lowest BCUT2D eigenvalue weighted by Gasteiger charge is -2.26. The number of phenols is 1. The van der Waals surface area contributed by atoms with Gasteiger partial charge in [0.05, 0.1) is 12.1 Å². The lowest BCUT2D eigenvalue weighted by atomic mass is 9.91. The average molecular weight is 540 g/mol. The van der Waals surface area contributed by atoms with Crippen LogP contribution in [0, 0.1) is 29.3 Å². The van der Waals surface area contributed by atoms with E-state index in [9.17, 15) is 33.0 Å². The summed E-state index contributed by atoms with van der Waals surface area (Å²) in [6, 6.07) is 13.1. The van der Waals surface area contributed by atoms with Crippen molar-refractivity contribution in [3.05, 3.63) is 94.8 Å². The Hall–Kier alpha value is -3.69. The van der Waals surface area contributed by atoms with E-state index in [0.29, 0.717) is 32.4 Å². The number of carbonyl (C=O) groups excluding carboxylic acids is 2. The third kappa shape index (κ3) is 6.15. The van der Waals surface area contributed by atoms with Gasteiger partial charge in [0, 0.05) is 30.6 Å². The van der Waals surface area contributed by atoms with Gasteiger partial charge >= 0.3 is 0 Å². The molecule has 2 fully saturated rings. The average Bonchev–Trinajstić information content (AvgIpc) is 3.39. The fourth-order valence-corrected chi connectivity index (χ4v) is 5.81. The van der Waals surface area contributed by atoms with Gasteiger partial charge in [0.2, 0.25) is 0 Å². The molecule has 0 aromatic heterocycles. The summed E-state index contributed by atoms with van der Waals surface area (Å²) in [5.41, 5.74) is 0.192. The molecule has 0 radical (unpaired) electrons. The van der Waals surface area contributed by atoms with Crippen molar-refractivity contribution in [1.82, 2.24) is 4.90 Å². The molecule has 3 aromatic carbocycles. The second-order valence-corrected chi connectivity index (χ2v) is 10.6. The van der Waals surface area contributed by atoms with Crippen LogP contribution in [0.1, 0.15) is 39.1 Å². The van der Waals surface area contributed by atoms with Crippen molar-refractivity contribution in [2.75, 3.05) is 26.2 Å². The fourth-order valence-electron chi connectivity index (χ4n) is 5.81. The third-order valence-corrected chi connectivity index (χ3v) is 7.63. The number of hydrogen-bond acceptors (Lipinski definition) is 6. The second kappa shape index (κ2) is 10.8. The molecule has 1 aliphatic carbocycles. The Morgan fingerprint density at radius 3 is 2.13 bits per heavy atom. The van der Waals surface area contributed by atoms with Crippen LogP contribution in [-0.2, 0) is 6.42 Å². The minimum atomic E-state index is -0.947. The molecule has 1 heterocycles. The highest BCUT2D eigenvalue weighted by Crippen LogP contribution is 2.45. The Balaban J connectivity index is 1.12. The van der Waals surface area contributed by atoms with Crippen LogP contribution in [-0.4, -0.2) is 58.5 Å². The largest absolute Gasteiger partial charge is 0.505 e. The minimum absolute atomic E-state index is 0.0261. The van der Waals surface area contributed by atoms with Gasteiger partial charge in [-0.15, -0.1) is 0 Å². The number of hydrogen-bond donors (Lipinski definition) is 2. The molecule has 3 aromatic rings. The Morgan fingerprint density at radius 2 is 1.49 bits per heavy atom. The van der Waals surface area contributed by atoms with E-state index < -0.39 is 35.4 Å². The number of likely N-dealkylation sites (tertiary alicyclic amines) is 1. The number of Topliss-reactive ketones (excluding diaryl/α,β-unsaturated/α-hetero) is 2. The van der Waals surface area contributed by atoms with Crippen molar-refractivity contribution in [2.45, 2.75) is 24.9 Å². The fraction of sp³-hybridized carbons (Fsp3) is 0.333. The molecular formula is C30H28F3NO5. The molecular weight excluding hydrogens is 511 g/mol. The molecule has 9 heteroatoms. The standard InChI is InChI=1S/C30H28F3NO5/c31-23-5-1-18(2-6-23)11-30(38)12-21-14-34(15-22(21)13-30)16-27(36)19-4-8-29(25(33)10-19)39-17-28(37)20-3-7-26(35)24(32)9-20/h1-10,21-22,35,38H,11-17H2/t21-,22+,30?. The number of benzene rings is 3. The molecule has 2 N–H and O–H groups in total. The molecule has 39 heavy (non-hydrogen) atoms. The van der Waals surface area contributed by atoms with E-state index in [4.69, 9.17) is 4.74 Å². The van der Waals surface area contributed by atoms with E-state index >= 15 is 0 Å². The number of nitrogens with zero attached hydrogens (tertiary/aromatic N) is 1. The van der Waals surface area contributed by atoms with Gasteiger partial charge in [0.15, 0.2) is 41.3 Å². The highest BCUT2D eigenvalue weighted by molar-refractivity contribution is 5.98. The van der Waals surface area contributed by atoms with Crippen molar-refractivity contribution in [2.24, 2.45) is 11.8 Å². The van der Waals surface area contributed by atoms with Gasteiger partial charge in [0.1, 0.15) is 5.82 Å². The summed E-state index contributed by atoms with van der Waals surface area (Å²) in [4.78, 5) is 27.1. The molecule has 1 aliphatic heterocycles. The first-order valence-corrected chi connectivity index (χ1v) is 12.7. The summed E-state index contributed by atoms with van der Waals surface area (Å²) in [6.07, 6.45) is 1.68. The van der Waals surface area contributed by atoms with E-state index in [1.807, 2.05) is 4.90 Å². The van der Waals surface area contributed by atoms with E-state index in [0.717, 1.165) is 23.8 Å². The number of halogens is 3. The SMILES string of the molecule is O=C(COc1ccc(C(=O)CN2C[C@@H]3CC(O)(Cc4ccc(F)cc4)C[C@@H]3C2)cc1F)c1ccc(O)c(F)c1. The summed E-state index contributed by atoms with van der Waals surface area (Å²) in [5.74, 6) is -3.21. The minimum Gasteiger partial charge on any atom is -0.505 e. The molecule has 1 saturated heterocycles. The smallest absolute Gasteiger partial charge is 0.200 e. The number of phenolic OH excluding ortho intramolecular Hbond substituents is 1. The molecule has 3 atom stereocenters. The van der Waals surface area contributed by atoms with E-state index in [2.05, 4.69) is 0 Å². The van der Waals surface area contributed by atoms with Gasteiger partial charge in [-0.2, -0.15) is 0 Å². The number of rotatable bonds is 9. The molecule has 0 spiro atoms. The maximum atomic E-state index is 14.6. The van der Waals surface area contributed by atoms with Crippen molar-refractivity contribution in [1.29, 1.82) is 0 Å². The molecule has 1 unspecified atom stereocenters. The first kappa shape index (κ1) is 26.9. The second-order valence-electron chi connectivity index (χ2n) is 10.6. The van der Waals surface area contributed by atoms with Gasteiger partial charge in [-0.3, -0.25) is 14.5 Å². The third-order valence-electron chi connectivity index (χ3n) is 7.63. The van der Waals surface area contributed by atoms with Crippen molar-refractivity contribution >= 4 is 11.6 Å². The van der Waals surface area contributed by atoms with Gasteiger partial charge in [0.25, 0.3) is 0 Å². The highest BCUT2D eigenvalue weighted by atomic mass is 19.1. The van der Waals surface area contributed by atoms with Gasteiger partial charge in [-0.25, -0.2) is 13.2 Å². The number of ether oxygens (including phenoxy) is 1. The zero-order valence-corrected chi connectivity index (χ0v) is 21.1. The number of carbonyl (C=O) groups is 2. The normalized spacial score (nSPS) is 22.6.